The summed E-state index contributed by atoms with van der Waals surface area (Å²) in [6.45, 7) is 3.34. The van der Waals surface area contributed by atoms with E-state index < -0.39 is 0 Å². The zero-order chi connectivity index (χ0) is 10.0. The Hall–Kier alpha value is -0.0600. The van der Waals surface area contributed by atoms with Gasteiger partial charge in [-0.25, -0.2) is 0 Å². The highest BCUT2D eigenvalue weighted by molar-refractivity contribution is 8.00. The first-order valence-electron chi connectivity index (χ1n) is 4.93. The first-order valence-corrected chi connectivity index (χ1v) is 7.03. The fourth-order valence-corrected chi connectivity index (χ4v) is 2.86. The van der Waals surface area contributed by atoms with Crippen molar-refractivity contribution in [2.24, 2.45) is 0 Å². The number of nitrogens with one attached hydrogen (secondary N) is 1. The van der Waals surface area contributed by atoms with Crippen LogP contribution in [0.2, 0.25) is 0 Å². The molecule has 0 bridgehead atoms. The van der Waals surface area contributed by atoms with Crippen molar-refractivity contribution in [2.75, 3.05) is 12.8 Å². The number of hydrogen-bond acceptors (Lipinski definition) is 4. The molecular formula is C10H16N2S2. The van der Waals surface area contributed by atoms with E-state index in [1.165, 1.54) is 17.7 Å². The van der Waals surface area contributed by atoms with E-state index in [0.717, 1.165) is 6.54 Å². The molecule has 1 saturated carbocycles. The lowest BCUT2D eigenvalue weighted by Crippen LogP contribution is -2.28. The van der Waals surface area contributed by atoms with E-state index in [1.807, 2.05) is 23.5 Å². The van der Waals surface area contributed by atoms with Crippen LogP contribution in [0.1, 0.15) is 30.7 Å². The van der Waals surface area contributed by atoms with Crippen LogP contribution >= 0.6 is 23.1 Å². The molecule has 78 valence electrons. The Morgan fingerprint density at radius 3 is 3.00 bits per heavy atom. The fraction of sp³-hybridized carbons (Fsp3) is 0.700. The van der Waals surface area contributed by atoms with E-state index in [4.69, 9.17) is 0 Å². The highest BCUT2D eigenvalue weighted by atomic mass is 32.2. The van der Waals surface area contributed by atoms with Crippen molar-refractivity contribution in [3.8, 4) is 0 Å². The van der Waals surface area contributed by atoms with E-state index in [2.05, 4.69) is 23.5 Å². The molecule has 1 aromatic rings. The lowest BCUT2D eigenvalue weighted by atomic mass is 10.3. The molecule has 1 N–H and O–H groups in total. The van der Waals surface area contributed by atoms with Gasteiger partial charge in [-0.1, -0.05) is 0 Å². The van der Waals surface area contributed by atoms with Gasteiger partial charge in [0.05, 0.1) is 5.51 Å². The monoisotopic (exact) mass is 228 g/mol. The van der Waals surface area contributed by atoms with Crippen molar-refractivity contribution in [1.29, 1.82) is 0 Å². The second-order valence-electron chi connectivity index (χ2n) is 3.89. The van der Waals surface area contributed by atoms with Gasteiger partial charge in [0, 0.05) is 28.4 Å². The van der Waals surface area contributed by atoms with Crippen LogP contribution in [0.15, 0.2) is 11.7 Å². The van der Waals surface area contributed by atoms with Crippen molar-refractivity contribution >= 4 is 23.1 Å². The molecular weight excluding hydrogens is 212 g/mol. The standard InChI is InChI=1S/C10H16N2S2/c1-8(9-5-11-7-14-9)12-6-10(13-2)3-4-10/h5,7-8,12H,3-4,6H2,1-2H3. The topological polar surface area (TPSA) is 24.9 Å². The maximum atomic E-state index is 4.10. The number of aromatic nitrogens is 1. The minimum atomic E-state index is 0.451. The summed E-state index contributed by atoms with van der Waals surface area (Å²) >= 11 is 3.73. The molecule has 1 aliphatic carbocycles. The Bertz CT molecular complexity index is 280. The summed E-state index contributed by atoms with van der Waals surface area (Å²) in [6, 6.07) is 0.451. The summed E-state index contributed by atoms with van der Waals surface area (Å²) in [4.78, 5) is 5.43. The molecule has 14 heavy (non-hydrogen) atoms. The normalized spacial score (nSPS) is 20.7. The first-order chi connectivity index (χ1) is 6.76. The van der Waals surface area contributed by atoms with Gasteiger partial charge in [0.2, 0.25) is 0 Å². The molecule has 4 heteroatoms. The Labute approximate surface area is 93.5 Å². The second kappa shape index (κ2) is 4.21. The molecule has 1 fully saturated rings. The molecule has 1 unspecified atom stereocenters. The third-order valence-corrected chi connectivity index (χ3v) is 5.23. The average Bonchev–Trinajstić information content (AvgIpc) is 2.78. The largest absolute Gasteiger partial charge is 0.308 e. The van der Waals surface area contributed by atoms with Gasteiger partial charge in [0.25, 0.3) is 0 Å². The third-order valence-electron chi connectivity index (χ3n) is 2.85. The number of nitrogens with zero attached hydrogens (tertiary/aromatic N) is 1. The average molecular weight is 228 g/mol. The Balaban J connectivity index is 1.81. The van der Waals surface area contributed by atoms with Crippen LogP contribution in [-0.2, 0) is 0 Å². The fourth-order valence-electron chi connectivity index (χ4n) is 1.47. The zero-order valence-electron chi connectivity index (χ0n) is 8.62. The van der Waals surface area contributed by atoms with Crippen molar-refractivity contribution in [3.63, 3.8) is 0 Å². The van der Waals surface area contributed by atoms with Crippen LogP contribution in [-0.4, -0.2) is 22.5 Å². The maximum Gasteiger partial charge on any atom is 0.0794 e. The lowest BCUT2D eigenvalue weighted by molar-refractivity contribution is 0.570. The summed E-state index contributed by atoms with van der Waals surface area (Å²) in [5, 5.41) is 3.59. The predicted molar refractivity (Wildman–Crippen MR) is 64.0 cm³/mol. The van der Waals surface area contributed by atoms with E-state index in [0.29, 0.717) is 10.8 Å². The zero-order valence-corrected chi connectivity index (χ0v) is 10.3. The van der Waals surface area contributed by atoms with Crippen LogP contribution in [0.25, 0.3) is 0 Å². The number of thiazole rings is 1. The molecule has 0 spiro atoms. The molecule has 0 saturated heterocycles. The van der Waals surface area contributed by atoms with Gasteiger partial charge in [-0.15, -0.1) is 11.3 Å². The van der Waals surface area contributed by atoms with Gasteiger partial charge in [0.1, 0.15) is 0 Å². The van der Waals surface area contributed by atoms with E-state index in [-0.39, 0.29) is 0 Å². The minimum absolute atomic E-state index is 0.451. The Morgan fingerprint density at radius 2 is 2.50 bits per heavy atom. The van der Waals surface area contributed by atoms with Crippen molar-refractivity contribution in [2.45, 2.75) is 30.6 Å². The van der Waals surface area contributed by atoms with Crippen molar-refractivity contribution < 1.29 is 0 Å². The number of rotatable bonds is 5. The van der Waals surface area contributed by atoms with E-state index >= 15 is 0 Å². The van der Waals surface area contributed by atoms with Gasteiger partial charge in [0.15, 0.2) is 0 Å². The molecule has 1 aromatic heterocycles. The van der Waals surface area contributed by atoms with Crippen molar-refractivity contribution in [1.82, 2.24) is 10.3 Å². The molecule has 1 heterocycles. The quantitative estimate of drug-likeness (QED) is 0.839. The summed E-state index contributed by atoms with van der Waals surface area (Å²) in [5.41, 5.74) is 1.90. The molecule has 2 rings (SSSR count). The lowest BCUT2D eigenvalue weighted by Gasteiger charge is -2.17. The number of thioether (sulfide) groups is 1. The van der Waals surface area contributed by atoms with Crippen LogP contribution in [0.5, 0.6) is 0 Å². The molecule has 0 aromatic carbocycles. The van der Waals surface area contributed by atoms with Gasteiger partial charge >= 0.3 is 0 Å². The summed E-state index contributed by atoms with van der Waals surface area (Å²) < 4.78 is 0.555. The predicted octanol–water partition coefficient (Wildman–Crippen LogP) is 2.69. The minimum Gasteiger partial charge on any atom is -0.308 e. The van der Waals surface area contributed by atoms with Gasteiger partial charge in [-0.05, 0) is 26.0 Å². The van der Waals surface area contributed by atoms with Crippen LogP contribution in [0.3, 0.4) is 0 Å². The molecule has 0 amide bonds. The summed E-state index contributed by atoms with van der Waals surface area (Å²) in [6.07, 6.45) is 6.92. The molecule has 0 radical (unpaired) electrons. The van der Waals surface area contributed by atoms with Crippen LogP contribution < -0.4 is 5.32 Å². The number of hydrogen-bond donors (Lipinski definition) is 1. The van der Waals surface area contributed by atoms with Crippen molar-refractivity contribution in [3.05, 3.63) is 16.6 Å². The maximum absolute atomic E-state index is 4.10. The van der Waals surface area contributed by atoms with Gasteiger partial charge < -0.3 is 5.32 Å². The van der Waals surface area contributed by atoms with E-state index in [1.54, 1.807) is 11.3 Å². The van der Waals surface area contributed by atoms with Crippen LogP contribution in [0, 0.1) is 0 Å². The van der Waals surface area contributed by atoms with Gasteiger partial charge in [-0.3, -0.25) is 4.98 Å². The second-order valence-corrected chi connectivity index (χ2v) is 6.09. The Kier molecular flexibility index (Phi) is 3.14. The smallest absolute Gasteiger partial charge is 0.0794 e. The Morgan fingerprint density at radius 1 is 1.71 bits per heavy atom. The molecule has 1 atom stereocenters. The summed E-state index contributed by atoms with van der Waals surface area (Å²) in [5.74, 6) is 0. The van der Waals surface area contributed by atoms with Crippen LogP contribution in [0.4, 0.5) is 0 Å². The molecule has 1 aliphatic rings. The molecule has 2 nitrogen and oxygen atoms in total. The van der Waals surface area contributed by atoms with Gasteiger partial charge in [-0.2, -0.15) is 11.8 Å². The first kappa shape index (κ1) is 10.5. The third kappa shape index (κ3) is 2.30. The highest BCUT2D eigenvalue weighted by Gasteiger charge is 2.41. The van der Waals surface area contributed by atoms with E-state index in [9.17, 15) is 0 Å². The highest BCUT2D eigenvalue weighted by Crippen LogP contribution is 2.46. The SMILES string of the molecule is CSC1(CNC(C)c2cncs2)CC1. The summed E-state index contributed by atoms with van der Waals surface area (Å²) in [7, 11) is 0. The molecule has 0 aliphatic heterocycles.